The summed E-state index contributed by atoms with van der Waals surface area (Å²) in [5.41, 5.74) is 0.539. The van der Waals surface area contributed by atoms with Gasteiger partial charge in [-0.1, -0.05) is 73.5 Å². The summed E-state index contributed by atoms with van der Waals surface area (Å²) in [5, 5.41) is 12.2. The first-order chi connectivity index (χ1) is 19.7. The number of piperidine rings is 1. The van der Waals surface area contributed by atoms with Crippen LogP contribution in [0, 0.1) is 10.2 Å². The van der Waals surface area contributed by atoms with Crippen LogP contribution in [0.25, 0.3) is 11.3 Å². The SMILES string of the molecule is N=[SH]1(O)CCN(C(=O)N2CC[C@@](O)(Cn3cnc(-c4ccccc4)cc3=O)C3(CCCC3)C2)C(c2ccccc2)C1. The minimum Gasteiger partial charge on any atom is -0.387 e. The van der Waals surface area contributed by atoms with Gasteiger partial charge in [-0.25, -0.2) is 9.78 Å². The van der Waals surface area contributed by atoms with Crippen molar-refractivity contribution in [3.8, 4) is 11.3 Å². The molecule has 41 heavy (non-hydrogen) atoms. The number of carbonyl (C=O) groups is 1. The second-order valence-electron chi connectivity index (χ2n) is 12.0. The van der Waals surface area contributed by atoms with Crippen molar-refractivity contribution in [1.82, 2.24) is 19.4 Å². The normalized spacial score (nSPS) is 26.1. The van der Waals surface area contributed by atoms with Crippen LogP contribution in [0.3, 0.4) is 0 Å². The Kier molecular flexibility index (Phi) is 7.33. The van der Waals surface area contributed by atoms with Crippen LogP contribution in [0.15, 0.2) is 77.9 Å². The fourth-order valence-corrected chi connectivity index (χ4v) is 8.84. The second-order valence-corrected chi connectivity index (χ2v) is 14.7. The van der Waals surface area contributed by atoms with Gasteiger partial charge in [0.15, 0.2) is 0 Å². The molecule has 1 spiro atoms. The average molecular weight is 578 g/mol. The van der Waals surface area contributed by atoms with E-state index in [1.54, 1.807) is 0 Å². The first kappa shape index (κ1) is 27.8. The lowest BCUT2D eigenvalue weighted by Gasteiger charge is -2.53. The smallest absolute Gasteiger partial charge is 0.320 e. The lowest BCUT2D eigenvalue weighted by Crippen LogP contribution is -2.64. The van der Waals surface area contributed by atoms with E-state index in [4.69, 9.17) is 4.78 Å². The van der Waals surface area contributed by atoms with Crippen LogP contribution in [-0.2, 0) is 16.7 Å². The fraction of sp³-hybridized carbons (Fsp3) is 0.452. The van der Waals surface area contributed by atoms with Crippen LogP contribution < -0.4 is 5.56 Å². The summed E-state index contributed by atoms with van der Waals surface area (Å²) < 4.78 is 20.6. The molecule has 2 aromatic carbocycles. The molecule has 10 heteroatoms. The zero-order chi connectivity index (χ0) is 28.7. The monoisotopic (exact) mass is 577 g/mol. The summed E-state index contributed by atoms with van der Waals surface area (Å²) in [4.78, 5) is 35.4. The molecule has 2 saturated heterocycles. The largest absolute Gasteiger partial charge is 0.387 e. The number of likely N-dealkylation sites (tertiary alicyclic amines) is 1. The maximum atomic E-state index is 14.1. The van der Waals surface area contributed by atoms with Gasteiger partial charge in [0.2, 0.25) is 0 Å². The number of benzene rings is 2. The molecule has 3 N–H and O–H groups in total. The highest BCUT2D eigenvalue weighted by Gasteiger charge is 2.56. The van der Waals surface area contributed by atoms with E-state index < -0.39 is 21.1 Å². The Hall–Kier alpha value is -3.34. The molecule has 1 aromatic heterocycles. The molecule has 1 saturated carbocycles. The lowest BCUT2D eigenvalue weighted by atomic mass is 9.66. The van der Waals surface area contributed by atoms with Crippen molar-refractivity contribution in [1.29, 1.82) is 4.78 Å². The van der Waals surface area contributed by atoms with Gasteiger partial charge in [-0.3, -0.25) is 14.1 Å². The van der Waals surface area contributed by atoms with E-state index in [1.165, 1.54) is 17.0 Å². The lowest BCUT2D eigenvalue weighted by molar-refractivity contribution is -0.136. The van der Waals surface area contributed by atoms with Crippen LogP contribution in [-0.4, -0.2) is 71.8 Å². The van der Waals surface area contributed by atoms with Gasteiger partial charge in [-0.15, -0.1) is 10.1 Å². The first-order valence-corrected chi connectivity index (χ1v) is 16.6. The Balaban J connectivity index is 1.24. The highest BCUT2D eigenvalue weighted by molar-refractivity contribution is 7.98. The van der Waals surface area contributed by atoms with E-state index in [-0.39, 0.29) is 29.9 Å². The molecule has 9 nitrogen and oxygen atoms in total. The van der Waals surface area contributed by atoms with Gasteiger partial charge in [-0.05, 0) is 24.8 Å². The Labute approximate surface area is 241 Å². The van der Waals surface area contributed by atoms with Crippen molar-refractivity contribution in [2.45, 2.75) is 50.3 Å². The number of nitrogens with zero attached hydrogens (tertiary/aromatic N) is 4. The van der Waals surface area contributed by atoms with Crippen molar-refractivity contribution >= 4 is 16.1 Å². The Morgan fingerprint density at radius 1 is 1.02 bits per heavy atom. The molecule has 0 bridgehead atoms. The predicted octanol–water partition coefficient (Wildman–Crippen LogP) is 4.21. The fourth-order valence-electron chi connectivity index (χ4n) is 7.13. The maximum Gasteiger partial charge on any atom is 0.320 e. The highest BCUT2D eigenvalue weighted by Crippen LogP contribution is 2.52. The third kappa shape index (κ3) is 5.36. The van der Waals surface area contributed by atoms with Gasteiger partial charge < -0.3 is 19.5 Å². The number of nitrogens with one attached hydrogen (secondary N) is 1. The number of aromatic nitrogens is 2. The molecule has 2 aliphatic heterocycles. The number of hydrogen-bond acceptors (Lipinski definition) is 5. The van der Waals surface area contributed by atoms with Gasteiger partial charge in [0.25, 0.3) is 5.56 Å². The van der Waals surface area contributed by atoms with E-state index in [9.17, 15) is 19.2 Å². The van der Waals surface area contributed by atoms with Gasteiger partial charge in [0, 0.05) is 48.2 Å². The van der Waals surface area contributed by atoms with Gasteiger partial charge >= 0.3 is 6.03 Å². The van der Waals surface area contributed by atoms with Crippen molar-refractivity contribution < 1.29 is 14.5 Å². The predicted molar refractivity (Wildman–Crippen MR) is 161 cm³/mol. The molecule has 1 aliphatic carbocycles. The van der Waals surface area contributed by atoms with Gasteiger partial charge in [0.05, 0.1) is 30.2 Å². The van der Waals surface area contributed by atoms with Crippen LogP contribution >= 0.6 is 0 Å². The first-order valence-electron chi connectivity index (χ1n) is 14.5. The van der Waals surface area contributed by atoms with Gasteiger partial charge in [-0.2, -0.15) is 0 Å². The minimum absolute atomic E-state index is 0.0991. The summed E-state index contributed by atoms with van der Waals surface area (Å²) in [7, 11) is -2.83. The van der Waals surface area contributed by atoms with E-state index in [0.29, 0.717) is 37.5 Å². The topological polar surface area (TPSA) is 123 Å². The van der Waals surface area contributed by atoms with E-state index in [0.717, 1.165) is 36.8 Å². The molecule has 0 radical (unpaired) electrons. The number of carbonyl (C=O) groups excluding carboxylic acids is 1. The Bertz CT molecular complexity index is 1510. The van der Waals surface area contributed by atoms with Crippen LogP contribution in [0.5, 0.6) is 0 Å². The molecule has 6 rings (SSSR count). The molecule has 218 valence electrons. The van der Waals surface area contributed by atoms with Crippen LogP contribution in [0.1, 0.15) is 43.7 Å². The van der Waals surface area contributed by atoms with Crippen molar-refractivity contribution in [2.75, 3.05) is 31.1 Å². The van der Waals surface area contributed by atoms with E-state index >= 15 is 0 Å². The number of thiol groups is 1. The summed E-state index contributed by atoms with van der Waals surface area (Å²) in [6, 6.07) is 20.3. The number of rotatable bonds is 4. The summed E-state index contributed by atoms with van der Waals surface area (Å²) in [6.07, 6.45) is 5.42. The number of hydrogen-bond donors (Lipinski definition) is 4. The van der Waals surface area contributed by atoms with Crippen LogP contribution in [0.2, 0.25) is 0 Å². The number of aliphatic hydroxyl groups is 1. The Morgan fingerprint density at radius 3 is 2.39 bits per heavy atom. The zero-order valence-corrected chi connectivity index (χ0v) is 24.1. The molecule has 1 unspecified atom stereocenters. The molecule has 3 aromatic rings. The molecule has 3 fully saturated rings. The molecular weight excluding hydrogens is 538 g/mol. The maximum absolute atomic E-state index is 14.1. The average Bonchev–Trinajstić information content (AvgIpc) is 3.46. The van der Waals surface area contributed by atoms with Crippen molar-refractivity contribution in [2.24, 2.45) is 5.41 Å². The minimum atomic E-state index is -2.83. The highest BCUT2D eigenvalue weighted by atomic mass is 32.3. The molecule has 2 atom stereocenters. The molecular formula is C31H39N5O4S. The molecule has 2 amide bonds. The Morgan fingerprint density at radius 2 is 1.71 bits per heavy atom. The third-order valence-electron chi connectivity index (χ3n) is 9.48. The number of amides is 2. The molecule has 3 aliphatic rings. The van der Waals surface area contributed by atoms with Gasteiger partial charge in [0.1, 0.15) is 0 Å². The summed E-state index contributed by atoms with van der Waals surface area (Å²) in [6.45, 7) is 1.28. The number of urea groups is 1. The summed E-state index contributed by atoms with van der Waals surface area (Å²) in [5.74, 6) is 0.570. The van der Waals surface area contributed by atoms with E-state index in [2.05, 4.69) is 4.98 Å². The van der Waals surface area contributed by atoms with E-state index in [1.807, 2.05) is 70.5 Å². The standard InChI is InChI=1S/C31H39N5O4S/c32-41(40)18-17-36(27(20-41)25-11-5-2-6-12-25)29(38)34-16-15-31(39,30(21-34)13-7-8-14-30)22-35-23-33-26(19-28(35)37)24-9-3-1-4-10-24/h1-6,9-12,19,23,27,39,41H,7-8,13-18,20-22H2,(H2,32,40)/t27?,31-/m1/s1. The molecule has 3 heterocycles. The zero-order valence-electron chi connectivity index (χ0n) is 23.2. The van der Waals surface area contributed by atoms with Crippen molar-refractivity contribution in [3.05, 3.63) is 89.0 Å². The van der Waals surface area contributed by atoms with Crippen molar-refractivity contribution in [3.63, 3.8) is 0 Å². The summed E-state index contributed by atoms with van der Waals surface area (Å²) >= 11 is 0. The van der Waals surface area contributed by atoms with Crippen LogP contribution in [0.4, 0.5) is 4.79 Å². The second kappa shape index (κ2) is 10.8. The third-order valence-corrected chi connectivity index (χ3v) is 11.4. The quantitative estimate of drug-likeness (QED) is 0.346.